The summed E-state index contributed by atoms with van der Waals surface area (Å²) in [5.41, 5.74) is 2.31. The molecule has 0 atom stereocenters. The van der Waals surface area contributed by atoms with E-state index in [2.05, 4.69) is 5.32 Å². The number of carbonyl (C=O) groups is 2. The lowest BCUT2D eigenvalue weighted by atomic mass is 10.1. The first-order valence-electron chi connectivity index (χ1n) is 9.02. The number of nitrogens with one attached hydrogen (secondary N) is 1. The molecule has 6 heteroatoms. The minimum absolute atomic E-state index is 0.0236. The Hall–Kier alpha value is -3.67. The summed E-state index contributed by atoms with van der Waals surface area (Å²) in [6.45, 7) is 1.74. The normalized spacial score (nSPS) is 10.3. The Morgan fingerprint density at radius 2 is 1.72 bits per heavy atom. The Bertz CT molecular complexity index is 1020. The van der Waals surface area contributed by atoms with Gasteiger partial charge < -0.3 is 14.8 Å². The molecule has 0 aliphatic carbocycles. The van der Waals surface area contributed by atoms with Crippen molar-refractivity contribution in [1.29, 1.82) is 0 Å². The second kappa shape index (κ2) is 9.50. The van der Waals surface area contributed by atoms with Crippen LogP contribution in [0, 0.1) is 12.7 Å². The van der Waals surface area contributed by atoms with E-state index in [1.807, 2.05) is 31.2 Å². The van der Waals surface area contributed by atoms with Gasteiger partial charge in [0.25, 0.3) is 5.91 Å². The topological polar surface area (TPSA) is 64.6 Å². The standard InChI is InChI=1S/C23H20FNO4/c1-16-7-6-8-17(13-16)14-28-21-12-5-2-9-18(21)23(27)29-15-22(26)25-20-11-4-3-10-19(20)24/h2-13H,14-15H2,1H3,(H,25,26). The Morgan fingerprint density at radius 1 is 0.966 bits per heavy atom. The fraction of sp³-hybridized carbons (Fsp3) is 0.130. The van der Waals surface area contributed by atoms with Gasteiger partial charge in [-0.3, -0.25) is 4.79 Å². The number of halogens is 1. The molecule has 29 heavy (non-hydrogen) atoms. The van der Waals surface area contributed by atoms with Crippen LogP contribution >= 0.6 is 0 Å². The van der Waals surface area contributed by atoms with E-state index in [-0.39, 0.29) is 11.3 Å². The van der Waals surface area contributed by atoms with E-state index >= 15 is 0 Å². The van der Waals surface area contributed by atoms with Gasteiger partial charge >= 0.3 is 5.97 Å². The van der Waals surface area contributed by atoms with Crippen molar-refractivity contribution in [3.8, 4) is 5.75 Å². The Morgan fingerprint density at radius 3 is 2.52 bits per heavy atom. The molecule has 0 aliphatic rings. The van der Waals surface area contributed by atoms with Gasteiger partial charge in [-0.2, -0.15) is 0 Å². The number of rotatable bonds is 7. The lowest BCUT2D eigenvalue weighted by Gasteiger charge is -2.12. The van der Waals surface area contributed by atoms with E-state index in [1.165, 1.54) is 18.2 Å². The maximum Gasteiger partial charge on any atom is 0.342 e. The first kappa shape index (κ1) is 20.1. The van der Waals surface area contributed by atoms with Crippen molar-refractivity contribution in [2.75, 3.05) is 11.9 Å². The zero-order chi connectivity index (χ0) is 20.6. The number of hydrogen-bond acceptors (Lipinski definition) is 4. The van der Waals surface area contributed by atoms with Crippen LogP contribution in [0.1, 0.15) is 21.5 Å². The van der Waals surface area contributed by atoms with Crippen molar-refractivity contribution in [3.05, 3.63) is 95.3 Å². The molecule has 1 N–H and O–H groups in total. The van der Waals surface area contributed by atoms with E-state index in [0.29, 0.717) is 12.4 Å². The lowest BCUT2D eigenvalue weighted by molar-refractivity contribution is -0.119. The monoisotopic (exact) mass is 393 g/mol. The third kappa shape index (κ3) is 5.65. The molecule has 1 amide bonds. The lowest BCUT2D eigenvalue weighted by Crippen LogP contribution is -2.21. The second-order valence-corrected chi connectivity index (χ2v) is 6.38. The maximum atomic E-state index is 13.6. The Balaban J connectivity index is 1.59. The predicted molar refractivity (Wildman–Crippen MR) is 107 cm³/mol. The largest absolute Gasteiger partial charge is 0.488 e. The number of carbonyl (C=O) groups excluding carboxylic acids is 2. The van der Waals surface area contributed by atoms with Gasteiger partial charge in [-0.1, -0.05) is 54.1 Å². The molecule has 0 aliphatic heterocycles. The highest BCUT2D eigenvalue weighted by Crippen LogP contribution is 2.21. The van der Waals surface area contributed by atoms with Crippen molar-refractivity contribution in [1.82, 2.24) is 0 Å². The second-order valence-electron chi connectivity index (χ2n) is 6.38. The summed E-state index contributed by atoms with van der Waals surface area (Å²) in [5.74, 6) is -1.55. The van der Waals surface area contributed by atoms with Crippen molar-refractivity contribution < 1.29 is 23.5 Å². The number of ether oxygens (including phenoxy) is 2. The zero-order valence-corrected chi connectivity index (χ0v) is 15.9. The summed E-state index contributed by atoms with van der Waals surface area (Å²) >= 11 is 0. The number of benzene rings is 3. The summed E-state index contributed by atoms with van der Waals surface area (Å²) in [7, 11) is 0. The van der Waals surface area contributed by atoms with Gasteiger partial charge in [-0.25, -0.2) is 9.18 Å². The van der Waals surface area contributed by atoms with Crippen molar-refractivity contribution in [2.24, 2.45) is 0 Å². The molecule has 0 heterocycles. The first-order chi connectivity index (χ1) is 14.0. The van der Waals surface area contributed by atoms with E-state index < -0.39 is 24.3 Å². The number of para-hydroxylation sites is 2. The van der Waals surface area contributed by atoms with E-state index in [9.17, 15) is 14.0 Å². The molecule has 0 fully saturated rings. The van der Waals surface area contributed by atoms with Gasteiger partial charge in [0.1, 0.15) is 23.7 Å². The quantitative estimate of drug-likeness (QED) is 0.600. The van der Waals surface area contributed by atoms with Crippen LogP contribution in [0.3, 0.4) is 0 Å². The molecule has 0 spiro atoms. The SMILES string of the molecule is Cc1cccc(COc2ccccc2C(=O)OCC(=O)Nc2ccccc2F)c1. The summed E-state index contributed by atoms with van der Waals surface area (Å²) in [6.07, 6.45) is 0. The molecule has 3 aromatic rings. The highest BCUT2D eigenvalue weighted by Gasteiger charge is 2.16. The molecule has 0 radical (unpaired) electrons. The zero-order valence-electron chi connectivity index (χ0n) is 15.9. The van der Waals surface area contributed by atoms with E-state index in [0.717, 1.165) is 11.1 Å². The van der Waals surface area contributed by atoms with Gasteiger partial charge in [0.15, 0.2) is 6.61 Å². The number of aryl methyl sites for hydroxylation is 1. The van der Waals surface area contributed by atoms with Crippen LogP contribution in [0.25, 0.3) is 0 Å². The van der Waals surface area contributed by atoms with Gasteiger partial charge in [0, 0.05) is 0 Å². The van der Waals surface area contributed by atoms with Gasteiger partial charge in [-0.15, -0.1) is 0 Å². The highest BCUT2D eigenvalue weighted by atomic mass is 19.1. The molecule has 0 aromatic heterocycles. The summed E-state index contributed by atoms with van der Waals surface area (Å²) in [4.78, 5) is 24.3. The van der Waals surface area contributed by atoms with Crippen LogP contribution in [0.2, 0.25) is 0 Å². The highest BCUT2D eigenvalue weighted by molar-refractivity contribution is 5.96. The average molecular weight is 393 g/mol. The molecular formula is C23H20FNO4. The van der Waals surface area contributed by atoms with Crippen molar-refractivity contribution >= 4 is 17.6 Å². The minimum atomic E-state index is -0.700. The van der Waals surface area contributed by atoms with Gasteiger partial charge in [-0.05, 0) is 36.8 Å². The molecule has 0 bridgehead atoms. The molecule has 5 nitrogen and oxygen atoms in total. The average Bonchev–Trinajstić information content (AvgIpc) is 2.72. The van der Waals surface area contributed by atoms with Crippen LogP contribution in [0.5, 0.6) is 5.75 Å². The third-order valence-corrected chi connectivity index (χ3v) is 4.07. The van der Waals surface area contributed by atoms with Crippen LogP contribution in [-0.2, 0) is 16.1 Å². The molecule has 0 saturated carbocycles. The minimum Gasteiger partial charge on any atom is -0.488 e. The van der Waals surface area contributed by atoms with E-state index in [4.69, 9.17) is 9.47 Å². The Kier molecular flexibility index (Phi) is 6.58. The number of esters is 1. The smallest absolute Gasteiger partial charge is 0.342 e. The third-order valence-electron chi connectivity index (χ3n) is 4.07. The summed E-state index contributed by atoms with van der Waals surface area (Å²) in [6, 6.07) is 20.2. The first-order valence-corrected chi connectivity index (χ1v) is 9.02. The number of anilines is 1. The van der Waals surface area contributed by atoms with Gasteiger partial charge in [0.2, 0.25) is 0 Å². The fourth-order valence-corrected chi connectivity index (χ4v) is 2.68. The maximum absolute atomic E-state index is 13.6. The molecule has 0 saturated heterocycles. The molecule has 0 unspecified atom stereocenters. The molecule has 3 aromatic carbocycles. The fourth-order valence-electron chi connectivity index (χ4n) is 2.68. The van der Waals surface area contributed by atoms with Crippen molar-refractivity contribution in [2.45, 2.75) is 13.5 Å². The van der Waals surface area contributed by atoms with Crippen LogP contribution in [0.4, 0.5) is 10.1 Å². The van der Waals surface area contributed by atoms with E-state index in [1.54, 1.807) is 30.3 Å². The summed E-state index contributed by atoms with van der Waals surface area (Å²) < 4.78 is 24.4. The predicted octanol–water partition coefficient (Wildman–Crippen LogP) is 4.51. The van der Waals surface area contributed by atoms with Crippen LogP contribution < -0.4 is 10.1 Å². The molecule has 3 rings (SSSR count). The summed E-state index contributed by atoms with van der Waals surface area (Å²) in [5, 5.41) is 2.36. The van der Waals surface area contributed by atoms with Crippen LogP contribution in [0.15, 0.2) is 72.8 Å². The number of amides is 1. The molecular weight excluding hydrogens is 373 g/mol. The molecule has 148 valence electrons. The van der Waals surface area contributed by atoms with Gasteiger partial charge in [0.05, 0.1) is 5.69 Å². The number of hydrogen-bond donors (Lipinski definition) is 1. The van der Waals surface area contributed by atoms with Crippen LogP contribution in [-0.4, -0.2) is 18.5 Å². The Labute approximate surface area is 168 Å². The van der Waals surface area contributed by atoms with Crippen molar-refractivity contribution in [3.63, 3.8) is 0 Å².